The van der Waals surface area contributed by atoms with Gasteiger partial charge in [-0.05, 0) is 51.4 Å². The van der Waals surface area contributed by atoms with Gasteiger partial charge in [0.25, 0.3) is 0 Å². The van der Waals surface area contributed by atoms with Crippen LogP contribution in [0.4, 0.5) is 0 Å². The van der Waals surface area contributed by atoms with Crippen molar-refractivity contribution in [1.29, 1.82) is 0 Å². The molecule has 510 valence electrons. The van der Waals surface area contributed by atoms with Crippen molar-refractivity contribution < 1.29 is 89.4 Å². The molecule has 0 aromatic heterocycles. The second-order valence-electron chi connectivity index (χ2n) is 25.0. The fourth-order valence-corrected chi connectivity index (χ4v) is 11.8. The fraction of sp³-hybridized carbons (Fsp3) is 0.897. The molecule has 3 rings (SSSR count). The van der Waals surface area contributed by atoms with Crippen LogP contribution in [0.25, 0.3) is 0 Å². The molecule has 3 saturated heterocycles. The summed E-state index contributed by atoms with van der Waals surface area (Å²) in [6.07, 6.45) is 31.3. The number of amides is 1. The molecular formula is C68H125NO18. The lowest BCUT2D eigenvalue weighted by atomic mass is 9.96. The van der Waals surface area contributed by atoms with E-state index in [0.29, 0.717) is 12.8 Å². The molecule has 3 fully saturated rings. The summed E-state index contributed by atoms with van der Waals surface area (Å²) in [5, 5.41) is 120. The highest BCUT2D eigenvalue weighted by Gasteiger charge is 2.53. The van der Waals surface area contributed by atoms with Gasteiger partial charge in [-0.15, -0.1) is 0 Å². The maximum atomic E-state index is 13.4. The van der Waals surface area contributed by atoms with Crippen molar-refractivity contribution in [3.05, 3.63) is 36.5 Å². The quantitative estimate of drug-likeness (QED) is 0.0200. The van der Waals surface area contributed by atoms with Gasteiger partial charge < -0.3 is 89.9 Å². The zero-order chi connectivity index (χ0) is 63.3. The van der Waals surface area contributed by atoms with Crippen molar-refractivity contribution in [3.8, 4) is 0 Å². The van der Waals surface area contributed by atoms with Gasteiger partial charge in [-0.25, -0.2) is 0 Å². The van der Waals surface area contributed by atoms with Crippen LogP contribution >= 0.6 is 0 Å². The van der Waals surface area contributed by atoms with E-state index < -0.39 is 124 Å². The molecule has 3 aliphatic rings. The smallest absolute Gasteiger partial charge is 0.220 e. The molecule has 0 aromatic rings. The molecule has 87 heavy (non-hydrogen) atoms. The normalized spacial score (nSPS) is 28.8. The molecule has 12 N–H and O–H groups in total. The van der Waals surface area contributed by atoms with E-state index >= 15 is 0 Å². The van der Waals surface area contributed by atoms with E-state index in [-0.39, 0.29) is 18.9 Å². The zero-order valence-electron chi connectivity index (χ0n) is 53.8. The Morgan fingerprint density at radius 3 is 1.18 bits per heavy atom. The number of aliphatic hydroxyl groups is 11. The van der Waals surface area contributed by atoms with Crippen molar-refractivity contribution in [3.63, 3.8) is 0 Å². The first kappa shape index (κ1) is 79.2. The molecule has 0 bridgehead atoms. The van der Waals surface area contributed by atoms with Crippen molar-refractivity contribution in [2.24, 2.45) is 0 Å². The van der Waals surface area contributed by atoms with Crippen LogP contribution in [0.15, 0.2) is 36.5 Å². The van der Waals surface area contributed by atoms with Crippen LogP contribution in [0.2, 0.25) is 0 Å². The van der Waals surface area contributed by atoms with Crippen molar-refractivity contribution in [2.75, 3.05) is 26.4 Å². The summed E-state index contributed by atoms with van der Waals surface area (Å²) in [5.74, 6) is -0.243. The molecule has 0 radical (unpaired) electrons. The minimum absolute atomic E-state index is 0.243. The van der Waals surface area contributed by atoms with E-state index in [2.05, 4.69) is 55.6 Å². The Morgan fingerprint density at radius 2 is 0.759 bits per heavy atom. The number of hydrogen-bond acceptors (Lipinski definition) is 18. The van der Waals surface area contributed by atoms with Crippen molar-refractivity contribution in [1.82, 2.24) is 5.32 Å². The number of hydrogen-bond donors (Lipinski definition) is 12. The fourth-order valence-electron chi connectivity index (χ4n) is 11.8. The summed E-state index contributed by atoms with van der Waals surface area (Å²) >= 11 is 0. The molecule has 0 saturated carbocycles. The zero-order valence-corrected chi connectivity index (χ0v) is 53.8. The summed E-state index contributed by atoms with van der Waals surface area (Å²) in [6.45, 7) is 1.76. The van der Waals surface area contributed by atoms with Crippen molar-refractivity contribution >= 4 is 5.91 Å². The molecular weight excluding hydrogens is 1120 g/mol. The van der Waals surface area contributed by atoms with Gasteiger partial charge in [0.1, 0.15) is 73.2 Å². The summed E-state index contributed by atoms with van der Waals surface area (Å²) in [7, 11) is 0. The van der Waals surface area contributed by atoms with Crippen LogP contribution < -0.4 is 5.32 Å². The average Bonchev–Trinajstić information content (AvgIpc) is 1.04. The largest absolute Gasteiger partial charge is 0.394 e. The van der Waals surface area contributed by atoms with E-state index in [9.17, 15) is 61.0 Å². The lowest BCUT2D eigenvalue weighted by Gasteiger charge is -2.48. The Morgan fingerprint density at radius 1 is 0.414 bits per heavy atom. The van der Waals surface area contributed by atoms with Gasteiger partial charge in [-0.2, -0.15) is 0 Å². The molecule has 17 unspecified atom stereocenters. The monoisotopic (exact) mass is 1240 g/mol. The second kappa shape index (κ2) is 50.6. The molecule has 1 amide bonds. The molecule has 3 heterocycles. The van der Waals surface area contributed by atoms with Gasteiger partial charge >= 0.3 is 0 Å². The van der Waals surface area contributed by atoms with Gasteiger partial charge in [0.2, 0.25) is 5.91 Å². The first-order chi connectivity index (χ1) is 42.3. The van der Waals surface area contributed by atoms with E-state index in [1.807, 2.05) is 0 Å². The second-order valence-corrected chi connectivity index (χ2v) is 25.0. The van der Waals surface area contributed by atoms with Crippen LogP contribution in [0.1, 0.15) is 258 Å². The average molecular weight is 1240 g/mol. The molecule has 0 aliphatic carbocycles. The Labute approximate surface area is 523 Å². The van der Waals surface area contributed by atoms with Crippen molar-refractivity contribution in [2.45, 2.75) is 362 Å². The summed E-state index contributed by atoms with van der Waals surface area (Å²) in [5.41, 5.74) is 0. The van der Waals surface area contributed by atoms with Crippen LogP contribution in [0.5, 0.6) is 0 Å². The topological polar surface area (TPSA) is 307 Å². The molecule has 0 spiro atoms. The first-order valence-corrected chi connectivity index (χ1v) is 34.7. The van der Waals surface area contributed by atoms with E-state index in [0.717, 1.165) is 57.8 Å². The van der Waals surface area contributed by atoms with Crippen LogP contribution in [-0.4, -0.2) is 193 Å². The van der Waals surface area contributed by atoms with Gasteiger partial charge in [0, 0.05) is 6.42 Å². The van der Waals surface area contributed by atoms with E-state index in [4.69, 9.17) is 28.4 Å². The van der Waals surface area contributed by atoms with Crippen LogP contribution in [0.3, 0.4) is 0 Å². The first-order valence-electron chi connectivity index (χ1n) is 34.7. The Kier molecular flexibility index (Phi) is 46.0. The minimum atomic E-state index is -1.97. The highest BCUT2D eigenvalue weighted by molar-refractivity contribution is 5.76. The van der Waals surface area contributed by atoms with Gasteiger partial charge in [0.05, 0.1) is 38.6 Å². The predicted molar refractivity (Wildman–Crippen MR) is 337 cm³/mol. The molecule has 19 nitrogen and oxygen atoms in total. The maximum absolute atomic E-state index is 13.4. The maximum Gasteiger partial charge on any atom is 0.220 e. The standard InChI is InChI=1S/C68H125NO18/c1-3-5-7-9-11-13-14-15-16-17-18-19-20-21-22-23-24-25-26-27-28-29-30-31-32-33-34-35-36-38-40-42-44-46-56(74)69-51(52(73)45-43-41-39-37-12-10-8-6-4-2)50-82-66-62(80)59(77)64(54(48-71)84-66)87-68-63(81)60(78)65(55(49-72)85-68)86-67-61(79)58(76)57(75)53(47-70)83-67/h14-15,17-18,20-21,51-55,57-68,70-73,75-81H,3-13,16,19,22-50H2,1-2H3,(H,69,74)/b15-14-,18-17-,21-20-. The van der Waals surface area contributed by atoms with E-state index in [1.165, 1.54) is 167 Å². The SMILES string of the molecule is CCCCCCC/C=C\C/C=C\C/C=C\CCCCCCCCCCCCCCCCCCCCC(=O)NC(COC1OC(CO)C(OC2OC(CO)C(OC3OC(CO)C(O)C(O)C3O)C(O)C2O)C(O)C1O)C(O)CCCCCCCCCCC. The third-order valence-electron chi connectivity index (χ3n) is 17.5. The minimum Gasteiger partial charge on any atom is -0.394 e. The number of unbranched alkanes of at least 4 members (excludes halogenated alkanes) is 31. The molecule has 17 atom stereocenters. The van der Waals surface area contributed by atoms with Gasteiger partial charge in [0.15, 0.2) is 18.9 Å². The number of nitrogens with one attached hydrogen (secondary N) is 1. The highest BCUT2D eigenvalue weighted by Crippen LogP contribution is 2.33. The van der Waals surface area contributed by atoms with Gasteiger partial charge in [-0.3, -0.25) is 4.79 Å². The number of ether oxygens (including phenoxy) is 6. The number of rotatable bonds is 53. The molecule has 0 aromatic carbocycles. The van der Waals surface area contributed by atoms with Gasteiger partial charge in [-0.1, -0.05) is 237 Å². The molecule has 3 aliphatic heterocycles. The summed E-state index contributed by atoms with van der Waals surface area (Å²) in [6, 6.07) is -0.884. The predicted octanol–water partition coefficient (Wildman–Crippen LogP) is 8.83. The third kappa shape index (κ3) is 32.9. The Balaban J connectivity index is 1.32. The Hall–Kier alpha value is -1.99. The number of carbonyl (C=O) groups is 1. The Bertz CT molecular complexity index is 1720. The lowest BCUT2D eigenvalue weighted by Crippen LogP contribution is -2.66. The number of allylic oxidation sites excluding steroid dienone is 6. The van der Waals surface area contributed by atoms with Crippen LogP contribution in [-0.2, 0) is 33.2 Å². The summed E-state index contributed by atoms with van der Waals surface area (Å²) < 4.78 is 34.3. The van der Waals surface area contributed by atoms with Crippen LogP contribution in [0, 0.1) is 0 Å². The summed E-state index contributed by atoms with van der Waals surface area (Å²) in [4.78, 5) is 13.4. The third-order valence-corrected chi connectivity index (χ3v) is 17.5. The number of aliphatic hydroxyl groups excluding tert-OH is 11. The molecule has 19 heteroatoms. The highest BCUT2D eigenvalue weighted by atomic mass is 16.8. The van der Waals surface area contributed by atoms with E-state index in [1.54, 1.807) is 0 Å². The lowest BCUT2D eigenvalue weighted by molar-refractivity contribution is -0.379. The number of carbonyl (C=O) groups excluding carboxylic acids is 1.